The molecule has 16 heavy (non-hydrogen) atoms. The first kappa shape index (κ1) is 15.6. The number of nitrogens with one attached hydrogen (secondary N) is 1. The Morgan fingerprint density at radius 1 is 1.38 bits per heavy atom. The Balaban J connectivity index is 3.49. The summed E-state index contributed by atoms with van der Waals surface area (Å²) in [5.74, 6) is 0.633. The summed E-state index contributed by atoms with van der Waals surface area (Å²) >= 11 is 0. The summed E-state index contributed by atoms with van der Waals surface area (Å²) in [6.45, 7) is 13.8. The highest BCUT2D eigenvalue weighted by Gasteiger charge is 2.09. The molecule has 0 saturated carbocycles. The summed E-state index contributed by atoms with van der Waals surface area (Å²) in [5.41, 5.74) is 1.07. The third-order valence-corrected chi connectivity index (χ3v) is 2.18. The molecule has 0 heterocycles. The zero-order valence-electron chi connectivity index (χ0n) is 11.1. The fraction of sp³-hybridized carbons (Fsp3) is 0.846. The monoisotopic (exact) mass is 229 g/mol. The SMILES string of the molecule is C=C(C)CNCC(O)COC(C)CC(C)C. The van der Waals surface area contributed by atoms with Crippen LogP contribution in [0.15, 0.2) is 12.2 Å². The van der Waals surface area contributed by atoms with Crippen molar-refractivity contribution in [2.75, 3.05) is 19.7 Å². The van der Waals surface area contributed by atoms with Gasteiger partial charge in [0.2, 0.25) is 0 Å². The second-order valence-corrected chi connectivity index (χ2v) is 5.02. The lowest BCUT2D eigenvalue weighted by Gasteiger charge is -2.18. The van der Waals surface area contributed by atoms with E-state index < -0.39 is 6.10 Å². The van der Waals surface area contributed by atoms with Gasteiger partial charge in [0, 0.05) is 13.1 Å². The van der Waals surface area contributed by atoms with Crippen LogP contribution in [0.4, 0.5) is 0 Å². The molecule has 3 heteroatoms. The van der Waals surface area contributed by atoms with Crippen LogP contribution in [-0.4, -0.2) is 37.0 Å². The molecule has 0 aliphatic carbocycles. The molecule has 0 fully saturated rings. The van der Waals surface area contributed by atoms with Gasteiger partial charge in [0.1, 0.15) is 0 Å². The molecule has 0 radical (unpaired) electrons. The van der Waals surface area contributed by atoms with Gasteiger partial charge < -0.3 is 15.2 Å². The van der Waals surface area contributed by atoms with Crippen LogP contribution in [0.1, 0.15) is 34.1 Å². The summed E-state index contributed by atoms with van der Waals surface area (Å²) in [5, 5.41) is 12.7. The molecule has 0 saturated heterocycles. The minimum Gasteiger partial charge on any atom is -0.389 e. The van der Waals surface area contributed by atoms with Crippen LogP contribution in [0, 0.1) is 5.92 Å². The van der Waals surface area contributed by atoms with Crippen LogP contribution in [-0.2, 0) is 4.74 Å². The largest absolute Gasteiger partial charge is 0.389 e. The molecule has 0 amide bonds. The Kier molecular flexibility index (Phi) is 8.53. The van der Waals surface area contributed by atoms with Crippen molar-refractivity contribution < 1.29 is 9.84 Å². The van der Waals surface area contributed by atoms with E-state index in [2.05, 4.69) is 25.7 Å². The number of rotatable bonds is 9. The van der Waals surface area contributed by atoms with E-state index in [1.54, 1.807) is 0 Å². The number of hydrogen-bond acceptors (Lipinski definition) is 3. The molecule has 0 aromatic carbocycles. The average Bonchev–Trinajstić information content (AvgIpc) is 2.13. The molecule has 2 unspecified atom stereocenters. The van der Waals surface area contributed by atoms with Crippen LogP contribution >= 0.6 is 0 Å². The van der Waals surface area contributed by atoms with Crippen molar-refractivity contribution in [1.29, 1.82) is 0 Å². The summed E-state index contributed by atoms with van der Waals surface area (Å²) in [4.78, 5) is 0. The fourth-order valence-electron chi connectivity index (χ4n) is 1.52. The quantitative estimate of drug-likeness (QED) is 0.594. The lowest BCUT2D eigenvalue weighted by molar-refractivity contribution is -0.00823. The normalized spacial score (nSPS) is 15.1. The smallest absolute Gasteiger partial charge is 0.0897 e. The first-order valence-electron chi connectivity index (χ1n) is 6.06. The van der Waals surface area contributed by atoms with Crippen molar-refractivity contribution in [2.45, 2.75) is 46.3 Å². The fourth-order valence-corrected chi connectivity index (χ4v) is 1.52. The number of ether oxygens (including phenoxy) is 1. The molecule has 3 nitrogen and oxygen atoms in total. The molecule has 0 rings (SSSR count). The maximum Gasteiger partial charge on any atom is 0.0897 e. The van der Waals surface area contributed by atoms with Gasteiger partial charge in [0.15, 0.2) is 0 Å². The molecule has 0 aromatic heterocycles. The molecule has 2 atom stereocenters. The highest BCUT2D eigenvalue weighted by molar-refractivity contribution is 4.90. The van der Waals surface area contributed by atoms with Gasteiger partial charge in [-0.05, 0) is 26.2 Å². The van der Waals surface area contributed by atoms with Gasteiger partial charge in [-0.3, -0.25) is 0 Å². The molecular formula is C13H27NO2. The van der Waals surface area contributed by atoms with Crippen LogP contribution in [0.2, 0.25) is 0 Å². The Morgan fingerprint density at radius 2 is 2.00 bits per heavy atom. The Hall–Kier alpha value is -0.380. The Morgan fingerprint density at radius 3 is 2.50 bits per heavy atom. The van der Waals surface area contributed by atoms with Crippen molar-refractivity contribution in [1.82, 2.24) is 5.32 Å². The van der Waals surface area contributed by atoms with Crippen LogP contribution in [0.3, 0.4) is 0 Å². The lowest BCUT2D eigenvalue weighted by atomic mass is 10.1. The Bertz CT molecular complexity index is 192. The molecular weight excluding hydrogens is 202 g/mol. The minimum atomic E-state index is -0.436. The second kappa shape index (κ2) is 8.74. The summed E-state index contributed by atoms with van der Waals surface area (Å²) < 4.78 is 5.56. The predicted molar refractivity (Wildman–Crippen MR) is 68.6 cm³/mol. The molecule has 0 bridgehead atoms. The molecule has 96 valence electrons. The molecule has 0 aromatic rings. The van der Waals surface area contributed by atoms with E-state index >= 15 is 0 Å². The van der Waals surface area contributed by atoms with Crippen molar-refractivity contribution in [3.05, 3.63) is 12.2 Å². The molecule has 0 aliphatic rings. The van der Waals surface area contributed by atoms with E-state index in [1.165, 1.54) is 0 Å². The van der Waals surface area contributed by atoms with Crippen LogP contribution in [0.5, 0.6) is 0 Å². The van der Waals surface area contributed by atoms with Crippen molar-refractivity contribution in [3.63, 3.8) is 0 Å². The van der Waals surface area contributed by atoms with E-state index in [-0.39, 0.29) is 6.10 Å². The van der Waals surface area contributed by atoms with Crippen molar-refractivity contribution >= 4 is 0 Å². The summed E-state index contributed by atoms with van der Waals surface area (Å²) in [7, 11) is 0. The third-order valence-electron chi connectivity index (χ3n) is 2.18. The standard InChI is InChI=1S/C13H27NO2/c1-10(2)6-12(5)16-9-13(15)8-14-7-11(3)4/h10,12-15H,3,6-9H2,1-2,4-5H3. The number of aliphatic hydroxyl groups is 1. The van der Waals surface area contributed by atoms with Crippen LogP contribution < -0.4 is 5.32 Å². The van der Waals surface area contributed by atoms with E-state index in [0.717, 1.165) is 18.5 Å². The first-order valence-corrected chi connectivity index (χ1v) is 6.06. The first-order chi connectivity index (χ1) is 7.41. The average molecular weight is 229 g/mol. The highest BCUT2D eigenvalue weighted by atomic mass is 16.5. The van der Waals surface area contributed by atoms with Gasteiger partial charge in [-0.25, -0.2) is 0 Å². The van der Waals surface area contributed by atoms with Gasteiger partial charge in [-0.2, -0.15) is 0 Å². The van der Waals surface area contributed by atoms with E-state index in [9.17, 15) is 5.11 Å². The zero-order valence-corrected chi connectivity index (χ0v) is 11.1. The summed E-state index contributed by atoms with van der Waals surface area (Å²) in [6, 6.07) is 0. The van der Waals surface area contributed by atoms with Gasteiger partial charge in [0.25, 0.3) is 0 Å². The van der Waals surface area contributed by atoms with Gasteiger partial charge in [-0.1, -0.05) is 26.0 Å². The van der Waals surface area contributed by atoms with E-state index in [4.69, 9.17) is 4.74 Å². The lowest BCUT2D eigenvalue weighted by Crippen LogP contribution is -2.32. The highest BCUT2D eigenvalue weighted by Crippen LogP contribution is 2.07. The van der Waals surface area contributed by atoms with Gasteiger partial charge in [-0.15, -0.1) is 0 Å². The van der Waals surface area contributed by atoms with E-state index in [0.29, 0.717) is 19.1 Å². The van der Waals surface area contributed by atoms with Crippen LogP contribution in [0.25, 0.3) is 0 Å². The van der Waals surface area contributed by atoms with Crippen molar-refractivity contribution in [3.8, 4) is 0 Å². The Labute approximate surface area is 99.9 Å². The molecule has 2 N–H and O–H groups in total. The number of aliphatic hydroxyl groups excluding tert-OH is 1. The predicted octanol–water partition coefficient (Wildman–Crippen LogP) is 1.96. The maximum atomic E-state index is 9.63. The van der Waals surface area contributed by atoms with Gasteiger partial charge in [0.05, 0.1) is 18.8 Å². The topological polar surface area (TPSA) is 41.5 Å². The molecule has 0 spiro atoms. The van der Waals surface area contributed by atoms with Crippen molar-refractivity contribution in [2.24, 2.45) is 5.92 Å². The van der Waals surface area contributed by atoms with E-state index in [1.807, 2.05) is 13.8 Å². The van der Waals surface area contributed by atoms with Gasteiger partial charge >= 0.3 is 0 Å². The summed E-state index contributed by atoms with van der Waals surface area (Å²) in [6.07, 6.45) is 0.816. The molecule has 0 aliphatic heterocycles. The minimum absolute atomic E-state index is 0.218. The second-order valence-electron chi connectivity index (χ2n) is 5.02. The maximum absolute atomic E-state index is 9.63. The zero-order chi connectivity index (χ0) is 12.6. The number of hydrogen-bond donors (Lipinski definition) is 2. The third kappa shape index (κ3) is 10.1.